The lowest BCUT2D eigenvalue weighted by atomic mass is 9.69. The molecule has 2 aliphatic carbocycles. The first-order valence-corrected chi connectivity index (χ1v) is 8.61. The standard InChI is InChI=1S/C17H32N2/c1-17(2)11-5-10-15(16(17)18)19-12-6-8-13-7-3-4-9-14(13)19/h13-16H,3-12,18H2,1-2H3. The highest BCUT2D eigenvalue weighted by Crippen LogP contribution is 2.42. The summed E-state index contributed by atoms with van der Waals surface area (Å²) in [6, 6.07) is 1.91. The largest absolute Gasteiger partial charge is 0.326 e. The summed E-state index contributed by atoms with van der Waals surface area (Å²) in [5.41, 5.74) is 7.01. The first-order valence-electron chi connectivity index (χ1n) is 8.61. The summed E-state index contributed by atoms with van der Waals surface area (Å²) < 4.78 is 0. The molecule has 0 bridgehead atoms. The molecule has 2 saturated carbocycles. The molecule has 19 heavy (non-hydrogen) atoms. The van der Waals surface area contributed by atoms with Gasteiger partial charge in [-0.05, 0) is 56.4 Å². The van der Waals surface area contributed by atoms with Crippen molar-refractivity contribution in [2.45, 2.75) is 89.8 Å². The molecule has 0 radical (unpaired) electrons. The summed E-state index contributed by atoms with van der Waals surface area (Å²) in [5, 5.41) is 0. The maximum atomic E-state index is 6.67. The molecule has 3 aliphatic rings. The van der Waals surface area contributed by atoms with Crippen LogP contribution in [0.25, 0.3) is 0 Å². The number of hydrogen-bond acceptors (Lipinski definition) is 2. The number of piperidine rings is 1. The second-order valence-electron chi connectivity index (χ2n) is 7.97. The van der Waals surface area contributed by atoms with Crippen LogP contribution in [0.2, 0.25) is 0 Å². The lowest BCUT2D eigenvalue weighted by molar-refractivity contribution is -0.0182. The monoisotopic (exact) mass is 264 g/mol. The van der Waals surface area contributed by atoms with Gasteiger partial charge in [-0.15, -0.1) is 0 Å². The van der Waals surface area contributed by atoms with Gasteiger partial charge in [0.15, 0.2) is 0 Å². The molecule has 0 spiro atoms. The number of nitrogens with zero attached hydrogens (tertiary/aromatic N) is 1. The fourth-order valence-electron chi connectivity index (χ4n) is 5.08. The van der Waals surface area contributed by atoms with Crippen LogP contribution in [0, 0.1) is 11.3 Å². The number of hydrogen-bond donors (Lipinski definition) is 1. The quantitative estimate of drug-likeness (QED) is 0.785. The minimum atomic E-state index is 0.338. The second-order valence-corrected chi connectivity index (χ2v) is 7.97. The van der Waals surface area contributed by atoms with E-state index in [-0.39, 0.29) is 0 Å². The van der Waals surface area contributed by atoms with Crippen molar-refractivity contribution >= 4 is 0 Å². The highest BCUT2D eigenvalue weighted by atomic mass is 15.2. The third kappa shape index (κ3) is 2.58. The first kappa shape index (κ1) is 13.9. The van der Waals surface area contributed by atoms with Crippen molar-refractivity contribution in [1.29, 1.82) is 0 Å². The Balaban J connectivity index is 1.76. The van der Waals surface area contributed by atoms with E-state index in [4.69, 9.17) is 5.73 Å². The highest BCUT2D eigenvalue weighted by Gasteiger charge is 2.43. The Morgan fingerprint density at radius 3 is 2.42 bits per heavy atom. The normalized spacial score (nSPS) is 43.7. The molecule has 3 fully saturated rings. The van der Waals surface area contributed by atoms with Crippen molar-refractivity contribution in [2.75, 3.05) is 6.54 Å². The molecule has 0 aromatic rings. The topological polar surface area (TPSA) is 29.3 Å². The molecule has 1 saturated heterocycles. The van der Waals surface area contributed by atoms with Crippen LogP contribution in [-0.2, 0) is 0 Å². The zero-order valence-electron chi connectivity index (χ0n) is 12.9. The summed E-state index contributed by atoms with van der Waals surface area (Å²) in [6.07, 6.45) is 12.7. The molecule has 0 aromatic carbocycles. The minimum absolute atomic E-state index is 0.338. The van der Waals surface area contributed by atoms with E-state index in [1.165, 1.54) is 64.3 Å². The Morgan fingerprint density at radius 1 is 0.895 bits per heavy atom. The molecule has 4 unspecified atom stereocenters. The maximum absolute atomic E-state index is 6.67. The van der Waals surface area contributed by atoms with E-state index in [1.807, 2.05) is 0 Å². The van der Waals surface area contributed by atoms with Crippen molar-refractivity contribution in [1.82, 2.24) is 4.90 Å². The zero-order valence-corrected chi connectivity index (χ0v) is 12.9. The van der Waals surface area contributed by atoms with Gasteiger partial charge in [-0.3, -0.25) is 4.90 Å². The molecule has 1 aliphatic heterocycles. The van der Waals surface area contributed by atoms with Gasteiger partial charge >= 0.3 is 0 Å². The third-order valence-corrected chi connectivity index (χ3v) is 6.35. The molecule has 4 atom stereocenters. The van der Waals surface area contributed by atoms with Crippen molar-refractivity contribution in [3.8, 4) is 0 Å². The average molecular weight is 264 g/mol. The number of likely N-dealkylation sites (tertiary alicyclic amines) is 1. The van der Waals surface area contributed by atoms with E-state index in [0.717, 1.165) is 12.0 Å². The zero-order chi connectivity index (χ0) is 13.5. The van der Waals surface area contributed by atoms with Crippen LogP contribution in [-0.4, -0.2) is 29.6 Å². The Morgan fingerprint density at radius 2 is 1.58 bits per heavy atom. The Kier molecular flexibility index (Phi) is 3.92. The summed E-state index contributed by atoms with van der Waals surface area (Å²) in [4.78, 5) is 2.86. The Bertz CT molecular complexity index is 310. The van der Waals surface area contributed by atoms with Gasteiger partial charge in [0, 0.05) is 18.1 Å². The third-order valence-electron chi connectivity index (χ3n) is 6.35. The van der Waals surface area contributed by atoms with Gasteiger partial charge in [-0.1, -0.05) is 33.1 Å². The number of nitrogens with two attached hydrogens (primary N) is 1. The van der Waals surface area contributed by atoms with Crippen molar-refractivity contribution in [3.05, 3.63) is 0 Å². The van der Waals surface area contributed by atoms with Gasteiger partial charge in [-0.25, -0.2) is 0 Å². The second kappa shape index (κ2) is 5.37. The molecule has 3 rings (SSSR count). The Hall–Kier alpha value is -0.0800. The molecule has 2 heteroatoms. The van der Waals surface area contributed by atoms with Crippen LogP contribution in [0.1, 0.15) is 71.6 Å². The first-order chi connectivity index (χ1) is 9.09. The van der Waals surface area contributed by atoms with E-state index in [9.17, 15) is 0 Å². The molecule has 2 N–H and O–H groups in total. The summed E-state index contributed by atoms with van der Waals surface area (Å²) in [6.45, 7) is 6.08. The van der Waals surface area contributed by atoms with Gasteiger partial charge in [0.2, 0.25) is 0 Å². The van der Waals surface area contributed by atoms with Crippen molar-refractivity contribution < 1.29 is 0 Å². The lowest BCUT2D eigenvalue weighted by Gasteiger charge is -2.53. The Labute approximate surface area is 119 Å². The maximum Gasteiger partial charge on any atom is 0.0255 e. The molecular weight excluding hydrogens is 232 g/mol. The fourth-order valence-corrected chi connectivity index (χ4v) is 5.08. The lowest BCUT2D eigenvalue weighted by Crippen LogP contribution is -2.62. The smallest absolute Gasteiger partial charge is 0.0255 e. The fraction of sp³-hybridized carbons (Fsp3) is 1.00. The van der Waals surface area contributed by atoms with E-state index in [1.54, 1.807) is 0 Å². The molecule has 0 amide bonds. The van der Waals surface area contributed by atoms with E-state index >= 15 is 0 Å². The summed E-state index contributed by atoms with van der Waals surface area (Å²) >= 11 is 0. The van der Waals surface area contributed by atoms with E-state index < -0.39 is 0 Å². The van der Waals surface area contributed by atoms with Gasteiger partial charge in [0.1, 0.15) is 0 Å². The molecule has 2 nitrogen and oxygen atoms in total. The molecular formula is C17H32N2. The molecule has 1 heterocycles. The SMILES string of the molecule is CC1(C)CCCC(N2CCCC3CCCCC32)C1N. The van der Waals surface area contributed by atoms with Gasteiger partial charge in [-0.2, -0.15) is 0 Å². The average Bonchev–Trinajstić information content (AvgIpc) is 2.41. The predicted molar refractivity (Wildman–Crippen MR) is 81.1 cm³/mol. The van der Waals surface area contributed by atoms with Crippen molar-refractivity contribution in [2.24, 2.45) is 17.1 Å². The molecule has 110 valence electrons. The van der Waals surface area contributed by atoms with Crippen LogP contribution < -0.4 is 5.73 Å². The van der Waals surface area contributed by atoms with Crippen molar-refractivity contribution in [3.63, 3.8) is 0 Å². The van der Waals surface area contributed by atoms with Crippen LogP contribution in [0.5, 0.6) is 0 Å². The predicted octanol–water partition coefficient (Wildman–Crippen LogP) is 3.55. The highest BCUT2D eigenvalue weighted by molar-refractivity contribution is 5.00. The summed E-state index contributed by atoms with van der Waals surface area (Å²) in [5.74, 6) is 0.986. The van der Waals surface area contributed by atoms with Crippen LogP contribution >= 0.6 is 0 Å². The van der Waals surface area contributed by atoms with E-state index in [2.05, 4.69) is 18.7 Å². The summed E-state index contributed by atoms with van der Waals surface area (Å²) in [7, 11) is 0. The number of rotatable bonds is 1. The minimum Gasteiger partial charge on any atom is -0.326 e. The van der Waals surface area contributed by atoms with Crippen LogP contribution in [0.3, 0.4) is 0 Å². The van der Waals surface area contributed by atoms with Gasteiger partial charge < -0.3 is 5.73 Å². The van der Waals surface area contributed by atoms with Crippen LogP contribution in [0.4, 0.5) is 0 Å². The van der Waals surface area contributed by atoms with Gasteiger partial charge in [0.05, 0.1) is 0 Å². The van der Waals surface area contributed by atoms with Gasteiger partial charge in [0.25, 0.3) is 0 Å². The van der Waals surface area contributed by atoms with Crippen LogP contribution in [0.15, 0.2) is 0 Å². The molecule has 0 aromatic heterocycles. The van der Waals surface area contributed by atoms with E-state index in [0.29, 0.717) is 17.5 Å². The number of fused-ring (bicyclic) bond motifs is 1.